The van der Waals surface area contributed by atoms with Gasteiger partial charge in [0, 0.05) is 32.2 Å². The molecule has 0 bridgehead atoms. The summed E-state index contributed by atoms with van der Waals surface area (Å²) in [4.78, 5) is 40.1. The van der Waals surface area contributed by atoms with E-state index in [1.54, 1.807) is 18.5 Å². The maximum absolute atomic E-state index is 12.7. The lowest BCUT2D eigenvalue weighted by Crippen LogP contribution is -2.56. The van der Waals surface area contributed by atoms with Gasteiger partial charge >= 0.3 is 5.97 Å². The number of hydrogen-bond donors (Lipinski definition) is 0. The van der Waals surface area contributed by atoms with E-state index in [1.165, 1.54) is 12.0 Å². The molecular weight excluding hydrogens is 334 g/mol. The monoisotopic (exact) mass is 357 g/mol. The molecule has 1 fully saturated rings. The predicted octanol–water partition coefficient (Wildman–Crippen LogP) is 0.744. The van der Waals surface area contributed by atoms with Gasteiger partial charge in [0.25, 0.3) is 5.56 Å². The number of amides is 1. The molecule has 1 atom stereocenters. The Morgan fingerprint density at radius 1 is 1.23 bits per heavy atom. The van der Waals surface area contributed by atoms with Crippen molar-refractivity contribution in [3.63, 3.8) is 0 Å². The Morgan fingerprint density at radius 2 is 1.96 bits per heavy atom. The van der Waals surface area contributed by atoms with Crippen LogP contribution < -0.4 is 5.56 Å². The number of fused-ring (bicyclic) bond motifs is 1. The Kier molecular flexibility index (Phi) is 5.08. The van der Waals surface area contributed by atoms with Crippen LogP contribution in [-0.4, -0.2) is 59.0 Å². The summed E-state index contributed by atoms with van der Waals surface area (Å²) in [5.41, 5.74) is 1.49. The summed E-state index contributed by atoms with van der Waals surface area (Å²) in [6, 6.07) is 9.23. The number of para-hydroxylation sites is 1. The Hall–Kier alpha value is -2.67. The number of rotatable bonds is 4. The van der Waals surface area contributed by atoms with Crippen molar-refractivity contribution >= 4 is 22.8 Å². The van der Waals surface area contributed by atoms with Crippen molar-refractivity contribution < 1.29 is 14.3 Å². The number of nitrogens with zero attached hydrogens (tertiary/aromatic N) is 3. The molecule has 7 heteroatoms. The molecule has 1 aromatic heterocycles. The van der Waals surface area contributed by atoms with Crippen LogP contribution in [0.1, 0.15) is 12.5 Å². The minimum atomic E-state index is -0.428. The number of carbonyl (C=O) groups is 2. The van der Waals surface area contributed by atoms with Crippen LogP contribution in [0.5, 0.6) is 0 Å². The SMILES string of the molecule is COC(=O)CN1CCN(Cc2cc3ccccc3n(C)c2=O)C(C)C1=O. The standard InChI is InChI=1S/C19H23N3O4/c1-13-18(24)22(12-17(23)26-3)9-8-21(13)11-15-10-14-6-4-5-7-16(14)20(2)19(15)25/h4-7,10,13H,8-9,11-12H2,1-3H3. The van der Waals surface area contributed by atoms with E-state index >= 15 is 0 Å². The van der Waals surface area contributed by atoms with Crippen LogP contribution in [0.4, 0.5) is 0 Å². The molecule has 0 saturated carbocycles. The maximum Gasteiger partial charge on any atom is 0.325 e. The van der Waals surface area contributed by atoms with E-state index in [1.807, 2.05) is 35.2 Å². The first-order valence-electron chi connectivity index (χ1n) is 8.59. The number of aryl methyl sites for hydroxylation is 1. The average Bonchev–Trinajstić information content (AvgIpc) is 2.65. The van der Waals surface area contributed by atoms with Crippen molar-refractivity contribution in [1.82, 2.24) is 14.4 Å². The lowest BCUT2D eigenvalue weighted by molar-refractivity contribution is -0.151. The fourth-order valence-corrected chi connectivity index (χ4v) is 3.39. The fourth-order valence-electron chi connectivity index (χ4n) is 3.39. The van der Waals surface area contributed by atoms with Crippen molar-refractivity contribution in [1.29, 1.82) is 0 Å². The molecular formula is C19H23N3O4. The van der Waals surface area contributed by atoms with Gasteiger partial charge in [-0.3, -0.25) is 19.3 Å². The van der Waals surface area contributed by atoms with Gasteiger partial charge in [-0.05, 0) is 24.4 Å². The Labute approximate surface area is 151 Å². The molecule has 0 spiro atoms. The maximum atomic E-state index is 12.7. The molecule has 3 rings (SSSR count). The van der Waals surface area contributed by atoms with Gasteiger partial charge in [0.15, 0.2) is 0 Å². The van der Waals surface area contributed by atoms with Gasteiger partial charge in [0.1, 0.15) is 6.54 Å². The molecule has 138 valence electrons. The summed E-state index contributed by atoms with van der Waals surface area (Å²) in [6.07, 6.45) is 0. The number of piperazine rings is 1. The number of pyridine rings is 1. The summed E-state index contributed by atoms with van der Waals surface area (Å²) in [5.74, 6) is -0.554. The molecule has 2 aromatic rings. The van der Waals surface area contributed by atoms with E-state index in [0.717, 1.165) is 10.9 Å². The summed E-state index contributed by atoms with van der Waals surface area (Å²) >= 11 is 0. The third-order valence-corrected chi connectivity index (χ3v) is 5.00. The number of methoxy groups -OCH3 is 1. The summed E-state index contributed by atoms with van der Waals surface area (Å²) in [6.45, 7) is 3.20. The van der Waals surface area contributed by atoms with Gasteiger partial charge in [-0.25, -0.2) is 0 Å². The first-order chi connectivity index (χ1) is 12.4. The highest BCUT2D eigenvalue weighted by Gasteiger charge is 2.32. The molecule has 0 radical (unpaired) electrons. The van der Waals surface area contributed by atoms with Crippen molar-refractivity contribution in [2.45, 2.75) is 19.5 Å². The van der Waals surface area contributed by atoms with Crippen LogP contribution in [0.15, 0.2) is 35.1 Å². The highest BCUT2D eigenvalue weighted by molar-refractivity contribution is 5.86. The van der Waals surface area contributed by atoms with Crippen molar-refractivity contribution in [3.8, 4) is 0 Å². The minimum absolute atomic E-state index is 0.0365. The van der Waals surface area contributed by atoms with Crippen LogP contribution >= 0.6 is 0 Å². The van der Waals surface area contributed by atoms with Gasteiger partial charge < -0.3 is 14.2 Å². The number of hydrogen-bond acceptors (Lipinski definition) is 5. The van der Waals surface area contributed by atoms with Gasteiger partial charge in [-0.1, -0.05) is 18.2 Å². The smallest absolute Gasteiger partial charge is 0.325 e. The molecule has 1 unspecified atom stereocenters. The zero-order chi connectivity index (χ0) is 18.8. The number of esters is 1. The van der Waals surface area contributed by atoms with E-state index in [2.05, 4.69) is 4.74 Å². The molecule has 1 saturated heterocycles. The van der Waals surface area contributed by atoms with Crippen LogP contribution in [0, 0.1) is 0 Å². The zero-order valence-electron chi connectivity index (χ0n) is 15.3. The second kappa shape index (κ2) is 7.29. The topological polar surface area (TPSA) is 71.8 Å². The largest absolute Gasteiger partial charge is 0.468 e. The van der Waals surface area contributed by atoms with E-state index in [0.29, 0.717) is 25.2 Å². The van der Waals surface area contributed by atoms with Gasteiger partial charge in [0.2, 0.25) is 5.91 Å². The Balaban J connectivity index is 1.81. The normalized spacial score (nSPS) is 18.3. The van der Waals surface area contributed by atoms with E-state index < -0.39 is 12.0 Å². The summed E-state index contributed by atoms with van der Waals surface area (Å²) in [7, 11) is 3.07. The predicted molar refractivity (Wildman–Crippen MR) is 97.7 cm³/mol. The van der Waals surface area contributed by atoms with Gasteiger partial charge in [-0.2, -0.15) is 0 Å². The zero-order valence-corrected chi connectivity index (χ0v) is 15.3. The number of carbonyl (C=O) groups excluding carboxylic acids is 2. The number of aromatic nitrogens is 1. The average molecular weight is 357 g/mol. The van der Waals surface area contributed by atoms with E-state index in [-0.39, 0.29) is 18.0 Å². The third kappa shape index (κ3) is 3.35. The molecule has 2 heterocycles. The highest BCUT2D eigenvalue weighted by Crippen LogP contribution is 2.17. The molecule has 1 aromatic carbocycles. The van der Waals surface area contributed by atoms with E-state index in [9.17, 15) is 14.4 Å². The van der Waals surface area contributed by atoms with Crippen LogP contribution in [0.2, 0.25) is 0 Å². The van der Waals surface area contributed by atoms with Crippen LogP contribution in [0.3, 0.4) is 0 Å². The van der Waals surface area contributed by atoms with Crippen molar-refractivity contribution in [2.24, 2.45) is 7.05 Å². The highest BCUT2D eigenvalue weighted by atomic mass is 16.5. The van der Waals surface area contributed by atoms with E-state index in [4.69, 9.17) is 0 Å². The molecule has 0 aliphatic carbocycles. The molecule has 7 nitrogen and oxygen atoms in total. The Bertz CT molecular complexity index is 905. The summed E-state index contributed by atoms with van der Waals surface area (Å²) in [5, 5.41) is 0.993. The quantitative estimate of drug-likeness (QED) is 0.755. The second-order valence-corrected chi connectivity index (χ2v) is 6.57. The lowest BCUT2D eigenvalue weighted by Gasteiger charge is -2.38. The minimum Gasteiger partial charge on any atom is -0.468 e. The molecule has 1 aliphatic heterocycles. The molecule has 1 aliphatic rings. The second-order valence-electron chi connectivity index (χ2n) is 6.57. The number of benzene rings is 1. The summed E-state index contributed by atoms with van der Waals surface area (Å²) < 4.78 is 6.28. The lowest BCUT2D eigenvalue weighted by atomic mass is 10.1. The van der Waals surface area contributed by atoms with Crippen LogP contribution in [-0.2, 0) is 27.9 Å². The van der Waals surface area contributed by atoms with Crippen molar-refractivity contribution in [2.75, 3.05) is 26.7 Å². The molecule has 0 N–H and O–H groups in total. The first-order valence-corrected chi connectivity index (χ1v) is 8.59. The molecule has 1 amide bonds. The fraction of sp³-hybridized carbons (Fsp3) is 0.421. The van der Waals surface area contributed by atoms with Gasteiger partial charge in [-0.15, -0.1) is 0 Å². The third-order valence-electron chi connectivity index (χ3n) is 5.00. The van der Waals surface area contributed by atoms with Gasteiger partial charge in [0.05, 0.1) is 18.7 Å². The number of ether oxygens (including phenoxy) is 1. The molecule has 26 heavy (non-hydrogen) atoms. The van der Waals surface area contributed by atoms with Crippen LogP contribution in [0.25, 0.3) is 10.9 Å². The Morgan fingerprint density at radius 3 is 2.69 bits per heavy atom. The van der Waals surface area contributed by atoms with Crippen molar-refractivity contribution in [3.05, 3.63) is 46.2 Å². The first kappa shape index (κ1) is 18.1.